The number of carboxylic acid groups (broad SMARTS) is 1. The monoisotopic (exact) mass is 505 g/mol. The van der Waals surface area contributed by atoms with Gasteiger partial charge in [-0.25, -0.2) is 14.0 Å². The quantitative estimate of drug-likeness (QED) is 0.326. The molecule has 1 aromatic heterocycles. The third kappa shape index (κ3) is 6.61. The van der Waals surface area contributed by atoms with Gasteiger partial charge >= 0.3 is 12.0 Å². The number of carboxylic acids is 1. The van der Waals surface area contributed by atoms with Crippen LogP contribution in [-0.4, -0.2) is 39.9 Å². The first-order valence-electron chi connectivity index (χ1n) is 12.6. The number of carbonyl (C=O) groups excluding carboxylic acids is 1. The Labute approximate surface area is 215 Å². The average molecular weight is 506 g/mol. The number of rotatable bonds is 8. The lowest BCUT2D eigenvalue weighted by molar-refractivity contribution is 0.0697. The molecule has 1 aliphatic rings. The molecule has 0 bridgehead atoms. The summed E-state index contributed by atoms with van der Waals surface area (Å²) in [6.07, 6.45) is 8.58. The molecule has 194 valence electrons. The summed E-state index contributed by atoms with van der Waals surface area (Å²) in [4.78, 5) is 27.2. The van der Waals surface area contributed by atoms with Crippen molar-refractivity contribution in [2.45, 2.75) is 52.0 Å². The van der Waals surface area contributed by atoms with Crippen LogP contribution in [-0.2, 0) is 0 Å². The highest BCUT2D eigenvalue weighted by atomic mass is 19.1. The zero-order valence-electron chi connectivity index (χ0n) is 21.1. The summed E-state index contributed by atoms with van der Waals surface area (Å²) in [6, 6.07) is 10.5. The normalized spacial score (nSPS) is 13.8. The van der Waals surface area contributed by atoms with Crippen LogP contribution in [0, 0.1) is 11.7 Å². The number of aromatic nitrogens is 2. The second-order valence-electron chi connectivity index (χ2n) is 9.78. The maximum atomic E-state index is 14.2. The van der Waals surface area contributed by atoms with Gasteiger partial charge < -0.3 is 20.6 Å². The van der Waals surface area contributed by atoms with E-state index in [0.29, 0.717) is 28.9 Å². The van der Waals surface area contributed by atoms with E-state index in [-0.39, 0.29) is 11.1 Å². The standard InChI is InChI=1S/C28H32FN5O3/c1-18(2)17-34(22-6-4-3-5-7-22)26-11-8-19(24-15-20(29)9-10-23(24)27(35)36)14-25(26)33-28(37)32-21-12-13-30-31-16-21/h8-16,18,22H,3-7,17H2,1-2H3,(H,35,36)(H2,30,32,33,37). The first-order chi connectivity index (χ1) is 17.8. The van der Waals surface area contributed by atoms with E-state index in [1.165, 1.54) is 30.9 Å². The van der Waals surface area contributed by atoms with Gasteiger partial charge in [0.2, 0.25) is 0 Å². The van der Waals surface area contributed by atoms with Crippen molar-refractivity contribution >= 4 is 29.1 Å². The topological polar surface area (TPSA) is 107 Å². The Morgan fingerprint density at radius 3 is 2.51 bits per heavy atom. The molecule has 37 heavy (non-hydrogen) atoms. The van der Waals surface area contributed by atoms with Crippen molar-refractivity contribution in [1.29, 1.82) is 0 Å². The van der Waals surface area contributed by atoms with Gasteiger partial charge in [0.05, 0.1) is 35.0 Å². The summed E-state index contributed by atoms with van der Waals surface area (Å²) < 4.78 is 14.2. The summed E-state index contributed by atoms with van der Waals surface area (Å²) >= 11 is 0. The van der Waals surface area contributed by atoms with Gasteiger partial charge in [-0.3, -0.25) is 0 Å². The minimum absolute atomic E-state index is 0.0151. The zero-order valence-corrected chi connectivity index (χ0v) is 21.1. The van der Waals surface area contributed by atoms with E-state index in [4.69, 9.17) is 0 Å². The van der Waals surface area contributed by atoms with Crippen LogP contribution in [0.1, 0.15) is 56.3 Å². The summed E-state index contributed by atoms with van der Waals surface area (Å²) in [5.41, 5.74) is 2.57. The molecule has 0 radical (unpaired) electrons. The summed E-state index contributed by atoms with van der Waals surface area (Å²) in [5.74, 6) is -1.31. The first kappa shape index (κ1) is 26.1. The molecular formula is C28H32FN5O3. The number of nitrogens with one attached hydrogen (secondary N) is 2. The number of anilines is 3. The third-order valence-electron chi connectivity index (χ3n) is 6.50. The molecule has 9 heteroatoms. The molecule has 0 spiro atoms. The number of amides is 2. The molecule has 0 saturated heterocycles. The molecule has 8 nitrogen and oxygen atoms in total. The van der Waals surface area contributed by atoms with Gasteiger partial charge in [-0.1, -0.05) is 39.2 Å². The van der Waals surface area contributed by atoms with Crippen molar-refractivity contribution in [2.24, 2.45) is 5.92 Å². The molecule has 1 saturated carbocycles. The molecule has 0 aliphatic heterocycles. The van der Waals surface area contributed by atoms with Gasteiger partial charge in [0.15, 0.2) is 0 Å². The number of halogens is 1. The van der Waals surface area contributed by atoms with Crippen molar-refractivity contribution in [3.63, 3.8) is 0 Å². The van der Waals surface area contributed by atoms with Crippen molar-refractivity contribution in [3.8, 4) is 11.1 Å². The largest absolute Gasteiger partial charge is 0.478 e. The molecular weight excluding hydrogens is 473 g/mol. The SMILES string of the molecule is CC(C)CN(c1ccc(-c2cc(F)ccc2C(=O)O)cc1NC(=O)Nc1ccnnc1)C1CCCCC1. The summed E-state index contributed by atoms with van der Waals surface area (Å²) in [7, 11) is 0. The molecule has 2 aromatic carbocycles. The third-order valence-corrected chi connectivity index (χ3v) is 6.50. The summed E-state index contributed by atoms with van der Waals surface area (Å²) in [5, 5.41) is 22.9. The Bertz CT molecular complexity index is 1250. The molecule has 1 fully saturated rings. The van der Waals surface area contributed by atoms with Crippen molar-refractivity contribution in [2.75, 3.05) is 22.1 Å². The Morgan fingerprint density at radius 1 is 1.05 bits per heavy atom. The van der Waals surface area contributed by atoms with E-state index in [1.54, 1.807) is 18.2 Å². The second-order valence-corrected chi connectivity index (χ2v) is 9.78. The van der Waals surface area contributed by atoms with Gasteiger partial charge in [0.1, 0.15) is 5.82 Å². The lowest BCUT2D eigenvalue weighted by Gasteiger charge is -2.38. The van der Waals surface area contributed by atoms with Crippen LogP contribution in [0.3, 0.4) is 0 Å². The van der Waals surface area contributed by atoms with Crippen LogP contribution in [0.4, 0.5) is 26.2 Å². The molecule has 1 aliphatic carbocycles. The fourth-order valence-corrected chi connectivity index (χ4v) is 4.88. The number of hydrogen-bond donors (Lipinski definition) is 3. The van der Waals surface area contributed by atoms with Gasteiger partial charge in [-0.05, 0) is 66.3 Å². The Morgan fingerprint density at radius 2 is 1.84 bits per heavy atom. The number of aromatic carboxylic acids is 1. The van der Waals surface area contributed by atoms with E-state index in [2.05, 4.69) is 39.6 Å². The van der Waals surface area contributed by atoms with E-state index in [0.717, 1.165) is 44.0 Å². The van der Waals surface area contributed by atoms with Gasteiger partial charge in [0, 0.05) is 12.6 Å². The number of carbonyl (C=O) groups is 2. The van der Waals surface area contributed by atoms with E-state index in [9.17, 15) is 19.1 Å². The minimum Gasteiger partial charge on any atom is -0.478 e. The van der Waals surface area contributed by atoms with Crippen LogP contribution < -0.4 is 15.5 Å². The highest BCUT2D eigenvalue weighted by Gasteiger charge is 2.25. The fourth-order valence-electron chi connectivity index (χ4n) is 4.88. The lowest BCUT2D eigenvalue weighted by Crippen LogP contribution is -2.40. The van der Waals surface area contributed by atoms with E-state index in [1.807, 2.05) is 6.07 Å². The Hall–Kier alpha value is -4.01. The predicted octanol–water partition coefficient (Wildman–Crippen LogP) is 6.42. The predicted molar refractivity (Wildman–Crippen MR) is 143 cm³/mol. The van der Waals surface area contributed by atoms with Gasteiger partial charge in [0.25, 0.3) is 0 Å². The maximum Gasteiger partial charge on any atom is 0.336 e. The molecule has 0 atom stereocenters. The van der Waals surface area contributed by atoms with Gasteiger partial charge in [-0.15, -0.1) is 0 Å². The van der Waals surface area contributed by atoms with E-state index >= 15 is 0 Å². The van der Waals surface area contributed by atoms with Crippen LogP contribution in [0.5, 0.6) is 0 Å². The van der Waals surface area contributed by atoms with Crippen molar-refractivity contribution in [3.05, 3.63) is 66.2 Å². The molecule has 0 unspecified atom stereocenters. The Kier molecular flexibility index (Phi) is 8.32. The van der Waals surface area contributed by atoms with Crippen LogP contribution in [0.15, 0.2) is 54.9 Å². The molecule has 3 N–H and O–H groups in total. The molecule has 4 rings (SSSR count). The van der Waals surface area contributed by atoms with E-state index < -0.39 is 17.8 Å². The van der Waals surface area contributed by atoms with Crippen LogP contribution in [0.2, 0.25) is 0 Å². The zero-order chi connectivity index (χ0) is 26.4. The number of nitrogens with zero attached hydrogens (tertiary/aromatic N) is 3. The summed E-state index contributed by atoms with van der Waals surface area (Å²) in [6.45, 7) is 5.12. The van der Waals surface area contributed by atoms with Gasteiger partial charge in [-0.2, -0.15) is 10.2 Å². The molecule has 1 heterocycles. The highest BCUT2D eigenvalue weighted by molar-refractivity contribution is 6.03. The second kappa shape index (κ2) is 11.8. The Balaban J connectivity index is 1.77. The molecule has 3 aromatic rings. The minimum atomic E-state index is -1.15. The smallest absolute Gasteiger partial charge is 0.336 e. The number of urea groups is 1. The average Bonchev–Trinajstić information content (AvgIpc) is 2.88. The van der Waals surface area contributed by atoms with Crippen molar-refractivity contribution in [1.82, 2.24) is 10.2 Å². The maximum absolute atomic E-state index is 14.2. The molecule has 2 amide bonds. The van der Waals surface area contributed by atoms with Crippen molar-refractivity contribution < 1.29 is 19.1 Å². The lowest BCUT2D eigenvalue weighted by atomic mass is 9.92. The number of benzene rings is 2. The first-order valence-corrected chi connectivity index (χ1v) is 12.6. The number of hydrogen-bond acceptors (Lipinski definition) is 5. The van der Waals surface area contributed by atoms with Crippen LogP contribution in [0.25, 0.3) is 11.1 Å². The van der Waals surface area contributed by atoms with Crippen LogP contribution >= 0.6 is 0 Å². The fraction of sp³-hybridized carbons (Fsp3) is 0.357. The highest BCUT2D eigenvalue weighted by Crippen LogP contribution is 2.37.